The third-order valence-corrected chi connectivity index (χ3v) is 8.35. The average Bonchev–Trinajstić information content (AvgIpc) is 2.76. The van der Waals surface area contributed by atoms with Gasteiger partial charge in [0.05, 0.1) is 0 Å². The molecule has 0 spiro atoms. The van der Waals surface area contributed by atoms with E-state index in [4.69, 9.17) is 12.2 Å². The van der Waals surface area contributed by atoms with Crippen molar-refractivity contribution in [2.75, 3.05) is 22.9 Å². The standard InChI is InChI=1S/C12H14Br2N2S3/c13-3-7(14)4-16-5-9-8-1-2-18-6-10(8)19-11(9)15-12(16)17/h7H,1-6H2,(H,15,17). The minimum atomic E-state index is 0.429. The Morgan fingerprint density at radius 1 is 1.42 bits per heavy atom. The van der Waals surface area contributed by atoms with Crippen molar-refractivity contribution < 1.29 is 0 Å². The van der Waals surface area contributed by atoms with E-state index in [2.05, 4.69) is 42.1 Å². The van der Waals surface area contributed by atoms with Gasteiger partial charge in [-0.15, -0.1) is 11.3 Å². The van der Waals surface area contributed by atoms with E-state index < -0.39 is 0 Å². The highest BCUT2D eigenvalue weighted by Gasteiger charge is 2.28. The van der Waals surface area contributed by atoms with Crippen LogP contribution in [0, 0.1) is 0 Å². The SMILES string of the molecule is S=C1Nc2sc3c(c2CN1CC(Br)CBr)CCSC3. The summed E-state index contributed by atoms with van der Waals surface area (Å²) >= 11 is 16.6. The lowest BCUT2D eigenvalue weighted by molar-refractivity contribution is 0.420. The molecule has 19 heavy (non-hydrogen) atoms. The van der Waals surface area contributed by atoms with Gasteiger partial charge < -0.3 is 10.2 Å². The summed E-state index contributed by atoms with van der Waals surface area (Å²) in [4.78, 5) is 4.25. The Hall–Kier alpha value is 0.700. The van der Waals surface area contributed by atoms with Crippen molar-refractivity contribution >= 4 is 77.3 Å². The van der Waals surface area contributed by atoms with Crippen molar-refractivity contribution in [3.05, 3.63) is 16.0 Å². The summed E-state index contributed by atoms with van der Waals surface area (Å²) in [6.45, 7) is 1.91. The quantitative estimate of drug-likeness (QED) is 0.557. The van der Waals surface area contributed by atoms with Crippen LogP contribution in [0.5, 0.6) is 0 Å². The molecule has 0 aromatic carbocycles. The number of thiophene rings is 1. The first-order valence-electron chi connectivity index (χ1n) is 6.16. The number of nitrogens with zero attached hydrogens (tertiary/aromatic N) is 1. The van der Waals surface area contributed by atoms with Gasteiger partial charge in [-0.3, -0.25) is 0 Å². The molecule has 0 amide bonds. The average molecular weight is 442 g/mol. The number of anilines is 1. The summed E-state index contributed by atoms with van der Waals surface area (Å²) in [6.07, 6.45) is 1.21. The van der Waals surface area contributed by atoms with Crippen LogP contribution in [0.2, 0.25) is 0 Å². The Morgan fingerprint density at radius 3 is 3.05 bits per heavy atom. The minimum absolute atomic E-state index is 0.429. The van der Waals surface area contributed by atoms with Gasteiger partial charge in [0.15, 0.2) is 5.11 Å². The third kappa shape index (κ3) is 3.00. The van der Waals surface area contributed by atoms with Gasteiger partial charge in [0.1, 0.15) is 5.00 Å². The van der Waals surface area contributed by atoms with Crippen LogP contribution in [0.15, 0.2) is 0 Å². The summed E-state index contributed by atoms with van der Waals surface area (Å²) in [5.74, 6) is 2.42. The summed E-state index contributed by atoms with van der Waals surface area (Å²) in [7, 11) is 0. The van der Waals surface area contributed by atoms with E-state index in [0.717, 1.165) is 23.5 Å². The molecule has 0 aliphatic carbocycles. The van der Waals surface area contributed by atoms with Crippen molar-refractivity contribution in [2.24, 2.45) is 0 Å². The van der Waals surface area contributed by atoms with E-state index in [1.165, 1.54) is 28.5 Å². The van der Waals surface area contributed by atoms with Gasteiger partial charge in [0, 0.05) is 39.4 Å². The van der Waals surface area contributed by atoms with E-state index in [1.807, 2.05) is 23.1 Å². The molecule has 0 bridgehead atoms. The topological polar surface area (TPSA) is 15.3 Å². The van der Waals surface area contributed by atoms with Crippen molar-refractivity contribution in [1.29, 1.82) is 0 Å². The predicted molar refractivity (Wildman–Crippen MR) is 97.3 cm³/mol. The maximum Gasteiger partial charge on any atom is 0.174 e. The molecule has 1 aromatic heterocycles. The molecule has 0 saturated carbocycles. The molecule has 0 saturated heterocycles. The highest BCUT2D eigenvalue weighted by atomic mass is 79.9. The van der Waals surface area contributed by atoms with Gasteiger partial charge in [0.2, 0.25) is 0 Å². The second-order valence-corrected chi connectivity index (χ2v) is 9.22. The zero-order valence-corrected chi connectivity index (χ0v) is 15.9. The number of thioether (sulfide) groups is 1. The van der Waals surface area contributed by atoms with Gasteiger partial charge in [-0.1, -0.05) is 31.9 Å². The fraction of sp³-hybridized carbons (Fsp3) is 0.583. The molecule has 7 heteroatoms. The van der Waals surface area contributed by atoms with Crippen LogP contribution in [0.4, 0.5) is 5.00 Å². The molecule has 104 valence electrons. The zero-order chi connectivity index (χ0) is 13.4. The van der Waals surface area contributed by atoms with E-state index in [1.54, 1.807) is 10.4 Å². The van der Waals surface area contributed by atoms with Gasteiger partial charge in [-0.2, -0.15) is 11.8 Å². The molecule has 1 aromatic rings. The second-order valence-electron chi connectivity index (χ2n) is 4.68. The van der Waals surface area contributed by atoms with Gasteiger partial charge in [-0.25, -0.2) is 0 Å². The fourth-order valence-corrected chi connectivity index (χ4v) is 5.69. The van der Waals surface area contributed by atoms with E-state index in [-0.39, 0.29) is 0 Å². The summed E-state index contributed by atoms with van der Waals surface area (Å²) in [6, 6.07) is 0. The Labute approximate surface area is 144 Å². The maximum atomic E-state index is 5.49. The molecule has 0 fully saturated rings. The van der Waals surface area contributed by atoms with Crippen LogP contribution in [-0.4, -0.2) is 32.5 Å². The molecule has 1 atom stereocenters. The number of alkyl halides is 2. The fourth-order valence-electron chi connectivity index (χ4n) is 2.44. The molecule has 3 heterocycles. The van der Waals surface area contributed by atoms with Gasteiger partial charge in [-0.05, 0) is 30.0 Å². The molecule has 0 radical (unpaired) electrons. The highest BCUT2D eigenvalue weighted by Crippen LogP contribution is 2.41. The van der Waals surface area contributed by atoms with E-state index in [9.17, 15) is 0 Å². The van der Waals surface area contributed by atoms with Crippen molar-refractivity contribution in [3.8, 4) is 0 Å². The Bertz CT molecular complexity index is 503. The van der Waals surface area contributed by atoms with Crippen LogP contribution in [0.3, 0.4) is 0 Å². The molecular weight excluding hydrogens is 428 g/mol. The maximum absolute atomic E-state index is 5.49. The highest BCUT2D eigenvalue weighted by molar-refractivity contribution is 9.12. The smallest absolute Gasteiger partial charge is 0.174 e. The lowest BCUT2D eigenvalue weighted by Gasteiger charge is -2.32. The Morgan fingerprint density at radius 2 is 2.26 bits per heavy atom. The lowest BCUT2D eigenvalue weighted by Crippen LogP contribution is -2.41. The third-order valence-electron chi connectivity index (χ3n) is 3.37. The van der Waals surface area contributed by atoms with E-state index in [0.29, 0.717) is 4.83 Å². The first-order valence-corrected chi connectivity index (χ1v) is 10.6. The lowest BCUT2D eigenvalue weighted by atomic mass is 10.1. The molecule has 2 nitrogen and oxygen atoms in total. The van der Waals surface area contributed by atoms with Crippen LogP contribution >= 0.6 is 67.2 Å². The Kier molecular flexibility index (Phi) is 4.79. The zero-order valence-electron chi connectivity index (χ0n) is 10.2. The van der Waals surface area contributed by atoms with Crippen molar-refractivity contribution in [3.63, 3.8) is 0 Å². The van der Waals surface area contributed by atoms with Crippen molar-refractivity contribution in [2.45, 2.75) is 23.5 Å². The second kappa shape index (κ2) is 6.22. The van der Waals surface area contributed by atoms with Crippen LogP contribution < -0.4 is 5.32 Å². The van der Waals surface area contributed by atoms with Crippen LogP contribution in [0.25, 0.3) is 0 Å². The normalized spacial score (nSPS) is 19.7. The number of halogens is 2. The number of rotatable bonds is 3. The summed E-state index contributed by atoms with van der Waals surface area (Å²) in [5, 5.41) is 6.52. The van der Waals surface area contributed by atoms with Crippen LogP contribution in [-0.2, 0) is 18.7 Å². The molecule has 2 aliphatic rings. The first-order chi connectivity index (χ1) is 9.19. The number of nitrogens with one attached hydrogen (secondary N) is 1. The summed E-state index contributed by atoms with van der Waals surface area (Å²) in [5.41, 5.74) is 3.08. The monoisotopic (exact) mass is 440 g/mol. The molecule has 1 N–H and O–H groups in total. The number of hydrogen-bond acceptors (Lipinski definition) is 3. The van der Waals surface area contributed by atoms with Gasteiger partial charge in [0.25, 0.3) is 0 Å². The van der Waals surface area contributed by atoms with Crippen LogP contribution in [0.1, 0.15) is 16.0 Å². The van der Waals surface area contributed by atoms with Crippen molar-refractivity contribution in [1.82, 2.24) is 4.90 Å². The predicted octanol–water partition coefficient (Wildman–Crippen LogP) is 4.21. The number of fused-ring (bicyclic) bond motifs is 3. The Balaban J connectivity index is 1.85. The summed E-state index contributed by atoms with van der Waals surface area (Å²) < 4.78 is 0. The molecule has 2 aliphatic heterocycles. The van der Waals surface area contributed by atoms with Gasteiger partial charge >= 0.3 is 0 Å². The number of hydrogen-bond donors (Lipinski definition) is 1. The molecule has 3 rings (SSSR count). The first kappa shape index (κ1) is 14.6. The molecular formula is C12H14Br2N2S3. The molecule has 1 unspecified atom stereocenters. The van der Waals surface area contributed by atoms with E-state index >= 15 is 0 Å². The largest absolute Gasteiger partial charge is 0.343 e. The minimum Gasteiger partial charge on any atom is -0.343 e. The number of thiocarbonyl (C=S) groups is 1.